The van der Waals surface area contributed by atoms with Crippen LogP contribution in [-0.2, 0) is 9.53 Å². The summed E-state index contributed by atoms with van der Waals surface area (Å²) in [6, 6.07) is 3.89. The molecule has 0 spiro atoms. The van der Waals surface area contributed by atoms with Crippen LogP contribution in [0.15, 0.2) is 30.6 Å². The highest BCUT2D eigenvalue weighted by molar-refractivity contribution is 5.80. The molecule has 0 aliphatic carbocycles. The fourth-order valence-electron chi connectivity index (χ4n) is 2.46. The zero-order valence-corrected chi connectivity index (χ0v) is 14.5. The first kappa shape index (κ1) is 18.0. The van der Waals surface area contributed by atoms with E-state index in [4.69, 9.17) is 4.74 Å². The molecule has 0 unspecified atom stereocenters. The number of nitrogens with one attached hydrogen (secondary N) is 1. The van der Waals surface area contributed by atoms with Crippen LogP contribution in [0.5, 0.6) is 0 Å². The summed E-state index contributed by atoms with van der Waals surface area (Å²) in [7, 11) is 0. The molecule has 1 N–H and O–H groups in total. The Labute approximate surface area is 142 Å². The van der Waals surface area contributed by atoms with Crippen molar-refractivity contribution >= 4 is 17.6 Å². The molecular weight excluding hydrogens is 306 g/mol. The van der Waals surface area contributed by atoms with E-state index in [1.165, 1.54) is 0 Å². The molecule has 6 heteroatoms. The third kappa shape index (κ3) is 5.68. The standard InChI is InChI=1S/C18H25N3O3/c1-18(2,3)24-17(23)20-10-8-16(22)21-11-5-7-15(13-21)14-6-4-9-19-12-14/h4,6-7,9,12H,5,8,10-11,13H2,1-3H3,(H,20,23). The lowest BCUT2D eigenvalue weighted by atomic mass is 10.0. The van der Waals surface area contributed by atoms with E-state index < -0.39 is 11.7 Å². The van der Waals surface area contributed by atoms with E-state index in [9.17, 15) is 9.59 Å². The first-order valence-electron chi connectivity index (χ1n) is 8.19. The van der Waals surface area contributed by atoms with Gasteiger partial charge in [-0.2, -0.15) is 0 Å². The molecule has 2 heterocycles. The van der Waals surface area contributed by atoms with E-state index >= 15 is 0 Å². The average Bonchev–Trinajstić information content (AvgIpc) is 2.54. The van der Waals surface area contributed by atoms with Crippen molar-refractivity contribution in [3.63, 3.8) is 0 Å². The number of rotatable bonds is 4. The largest absolute Gasteiger partial charge is 0.444 e. The van der Waals surface area contributed by atoms with Gasteiger partial charge in [-0.05, 0) is 44.4 Å². The monoisotopic (exact) mass is 331 g/mol. The third-order valence-electron chi connectivity index (χ3n) is 3.54. The molecule has 1 aliphatic heterocycles. The van der Waals surface area contributed by atoms with Gasteiger partial charge in [-0.15, -0.1) is 0 Å². The molecule has 0 bridgehead atoms. The number of aromatic nitrogens is 1. The maximum absolute atomic E-state index is 12.3. The lowest BCUT2D eigenvalue weighted by Crippen LogP contribution is -2.38. The Kier molecular flexibility index (Phi) is 5.95. The molecular formula is C18H25N3O3. The molecule has 1 aliphatic rings. The number of carbonyl (C=O) groups excluding carboxylic acids is 2. The molecule has 2 rings (SSSR count). The van der Waals surface area contributed by atoms with E-state index in [1.807, 2.05) is 23.2 Å². The number of amides is 2. The van der Waals surface area contributed by atoms with Gasteiger partial charge in [0.15, 0.2) is 0 Å². The molecule has 1 aromatic heterocycles. The van der Waals surface area contributed by atoms with Crippen molar-refractivity contribution < 1.29 is 14.3 Å². The Bertz CT molecular complexity index is 606. The minimum absolute atomic E-state index is 0.0283. The molecule has 2 amide bonds. The number of pyridine rings is 1. The predicted molar refractivity (Wildman–Crippen MR) is 92.3 cm³/mol. The van der Waals surface area contributed by atoms with Crippen LogP contribution < -0.4 is 5.32 Å². The first-order chi connectivity index (χ1) is 11.3. The fraction of sp³-hybridized carbons (Fsp3) is 0.500. The minimum Gasteiger partial charge on any atom is -0.444 e. The maximum Gasteiger partial charge on any atom is 0.407 e. The van der Waals surface area contributed by atoms with Gasteiger partial charge in [0.1, 0.15) is 5.60 Å². The number of carbonyl (C=O) groups is 2. The summed E-state index contributed by atoms with van der Waals surface area (Å²) >= 11 is 0. The molecule has 0 saturated heterocycles. The Morgan fingerprint density at radius 2 is 2.17 bits per heavy atom. The van der Waals surface area contributed by atoms with Crippen LogP contribution >= 0.6 is 0 Å². The van der Waals surface area contributed by atoms with Crippen LogP contribution in [0.3, 0.4) is 0 Å². The van der Waals surface area contributed by atoms with Crippen molar-refractivity contribution in [1.82, 2.24) is 15.2 Å². The van der Waals surface area contributed by atoms with Crippen molar-refractivity contribution in [3.8, 4) is 0 Å². The van der Waals surface area contributed by atoms with E-state index in [1.54, 1.807) is 27.0 Å². The summed E-state index contributed by atoms with van der Waals surface area (Å²) in [4.78, 5) is 29.9. The van der Waals surface area contributed by atoms with E-state index in [0.717, 1.165) is 17.6 Å². The minimum atomic E-state index is -0.537. The lowest BCUT2D eigenvalue weighted by Gasteiger charge is -2.27. The van der Waals surface area contributed by atoms with Crippen molar-refractivity contribution in [2.45, 2.75) is 39.2 Å². The molecule has 1 aromatic rings. The Morgan fingerprint density at radius 1 is 1.38 bits per heavy atom. The van der Waals surface area contributed by atoms with Crippen LogP contribution in [0, 0.1) is 0 Å². The number of hydrogen-bond donors (Lipinski definition) is 1. The maximum atomic E-state index is 12.3. The Morgan fingerprint density at radius 3 is 2.83 bits per heavy atom. The van der Waals surface area contributed by atoms with Crippen molar-refractivity contribution in [1.29, 1.82) is 0 Å². The van der Waals surface area contributed by atoms with Crippen LogP contribution in [0.4, 0.5) is 4.79 Å². The molecule has 0 atom stereocenters. The molecule has 130 valence electrons. The smallest absolute Gasteiger partial charge is 0.407 e. The van der Waals surface area contributed by atoms with E-state index in [-0.39, 0.29) is 18.9 Å². The zero-order chi connectivity index (χ0) is 17.6. The van der Waals surface area contributed by atoms with E-state index in [0.29, 0.717) is 13.1 Å². The van der Waals surface area contributed by atoms with Gasteiger partial charge in [0.2, 0.25) is 5.91 Å². The molecule has 6 nitrogen and oxygen atoms in total. The number of nitrogens with zero attached hydrogens (tertiary/aromatic N) is 2. The van der Waals surface area contributed by atoms with Gasteiger partial charge in [0, 0.05) is 38.4 Å². The average molecular weight is 331 g/mol. The summed E-state index contributed by atoms with van der Waals surface area (Å²) in [5, 5.41) is 2.62. The Hall–Kier alpha value is -2.37. The summed E-state index contributed by atoms with van der Waals surface area (Å²) < 4.78 is 5.15. The van der Waals surface area contributed by atoms with Crippen molar-refractivity contribution in [2.75, 3.05) is 19.6 Å². The summed E-state index contributed by atoms with van der Waals surface area (Å²) in [6.45, 7) is 6.97. The van der Waals surface area contributed by atoms with Crippen LogP contribution in [0.2, 0.25) is 0 Å². The summed E-state index contributed by atoms with van der Waals surface area (Å²) in [6.07, 6.45) is 6.29. The van der Waals surface area contributed by atoms with Gasteiger partial charge >= 0.3 is 6.09 Å². The molecule has 24 heavy (non-hydrogen) atoms. The van der Waals surface area contributed by atoms with Gasteiger partial charge in [0.25, 0.3) is 0 Å². The quantitative estimate of drug-likeness (QED) is 0.920. The summed E-state index contributed by atoms with van der Waals surface area (Å²) in [5.74, 6) is 0.0283. The molecule has 0 saturated carbocycles. The number of alkyl carbamates (subject to hydrolysis) is 1. The summed E-state index contributed by atoms with van der Waals surface area (Å²) in [5.41, 5.74) is 1.62. The van der Waals surface area contributed by atoms with Gasteiger partial charge in [-0.25, -0.2) is 4.79 Å². The van der Waals surface area contributed by atoms with Crippen molar-refractivity contribution in [3.05, 3.63) is 36.2 Å². The van der Waals surface area contributed by atoms with Crippen LogP contribution in [0.1, 0.15) is 39.2 Å². The second-order valence-electron chi connectivity index (χ2n) is 6.75. The van der Waals surface area contributed by atoms with Gasteiger partial charge < -0.3 is 15.0 Å². The van der Waals surface area contributed by atoms with Crippen LogP contribution in [-0.4, -0.2) is 47.1 Å². The SMILES string of the molecule is CC(C)(C)OC(=O)NCCC(=O)N1CCC=C(c2cccnc2)C1. The highest BCUT2D eigenvalue weighted by Gasteiger charge is 2.20. The highest BCUT2D eigenvalue weighted by atomic mass is 16.6. The number of ether oxygens (including phenoxy) is 1. The second kappa shape index (κ2) is 7.95. The second-order valence-corrected chi connectivity index (χ2v) is 6.75. The molecule has 0 aromatic carbocycles. The van der Waals surface area contributed by atoms with Crippen LogP contribution in [0.25, 0.3) is 5.57 Å². The Balaban J connectivity index is 1.79. The number of hydrogen-bond acceptors (Lipinski definition) is 4. The first-order valence-corrected chi connectivity index (χ1v) is 8.19. The van der Waals surface area contributed by atoms with E-state index in [2.05, 4.69) is 16.4 Å². The topological polar surface area (TPSA) is 71.5 Å². The fourth-order valence-corrected chi connectivity index (χ4v) is 2.46. The zero-order valence-electron chi connectivity index (χ0n) is 14.5. The normalized spacial score (nSPS) is 14.8. The van der Waals surface area contributed by atoms with Crippen molar-refractivity contribution in [2.24, 2.45) is 0 Å². The molecule has 0 radical (unpaired) electrons. The van der Waals surface area contributed by atoms with Gasteiger partial charge in [-0.1, -0.05) is 12.1 Å². The van der Waals surface area contributed by atoms with Gasteiger partial charge in [-0.3, -0.25) is 9.78 Å². The highest BCUT2D eigenvalue weighted by Crippen LogP contribution is 2.20. The van der Waals surface area contributed by atoms with Gasteiger partial charge in [0.05, 0.1) is 0 Å². The third-order valence-corrected chi connectivity index (χ3v) is 3.54. The predicted octanol–water partition coefficient (Wildman–Crippen LogP) is 2.61. The lowest BCUT2D eigenvalue weighted by molar-refractivity contribution is -0.130. The molecule has 0 fully saturated rings.